The first-order valence-electron chi connectivity index (χ1n) is 16.4. The van der Waals surface area contributed by atoms with Gasteiger partial charge in [0, 0.05) is 38.8 Å². The lowest BCUT2D eigenvalue weighted by molar-refractivity contribution is -0.0766. The zero-order valence-electron chi connectivity index (χ0n) is 27.4. The van der Waals surface area contributed by atoms with Crippen molar-refractivity contribution in [3.8, 4) is 0 Å². The van der Waals surface area contributed by atoms with Crippen LogP contribution in [0.3, 0.4) is 0 Å². The topological polar surface area (TPSA) is 127 Å². The summed E-state index contributed by atoms with van der Waals surface area (Å²) in [5.74, 6) is -0.395. The molecule has 10 atom stereocenters. The first-order valence-corrected chi connectivity index (χ1v) is 18.1. The first-order chi connectivity index (χ1) is 22.1. The minimum Gasteiger partial charge on any atom is -0.392 e. The van der Waals surface area contributed by atoms with E-state index in [1.165, 1.54) is 0 Å². The number of methoxy groups -OCH3 is 1. The molecule has 3 fully saturated rings. The Bertz CT molecular complexity index is 1280. The van der Waals surface area contributed by atoms with Crippen molar-refractivity contribution in [3.63, 3.8) is 0 Å². The van der Waals surface area contributed by atoms with E-state index in [9.17, 15) is 13.5 Å². The fraction of sp³-hybridized carbons (Fsp3) is 0.611. The van der Waals surface area contributed by atoms with Crippen molar-refractivity contribution in [1.82, 2.24) is 0 Å². The van der Waals surface area contributed by atoms with Gasteiger partial charge in [0.05, 0.1) is 72.7 Å². The summed E-state index contributed by atoms with van der Waals surface area (Å²) >= 11 is 0. The third-order valence-electron chi connectivity index (χ3n) is 9.45. The normalized spacial score (nSPS) is 32.7. The number of nitrogens with two attached hydrogens (primary N) is 1. The van der Waals surface area contributed by atoms with Crippen LogP contribution in [0.15, 0.2) is 84.3 Å². The van der Waals surface area contributed by atoms with Crippen molar-refractivity contribution in [2.24, 2.45) is 17.6 Å². The largest absolute Gasteiger partial charge is 0.392 e. The predicted octanol–water partition coefficient (Wildman–Crippen LogP) is 4.56. The Labute approximate surface area is 275 Å². The van der Waals surface area contributed by atoms with Crippen LogP contribution in [0.25, 0.3) is 0 Å². The van der Waals surface area contributed by atoms with E-state index in [-0.39, 0.29) is 53.9 Å². The van der Waals surface area contributed by atoms with Gasteiger partial charge in [-0.05, 0) is 48.5 Å². The van der Waals surface area contributed by atoms with Gasteiger partial charge in [-0.25, -0.2) is 8.42 Å². The van der Waals surface area contributed by atoms with Crippen LogP contribution in [0.2, 0.25) is 0 Å². The van der Waals surface area contributed by atoms with Gasteiger partial charge in [-0.2, -0.15) is 0 Å². The molecule has 1 aromatic rings. The Morgan fingerprint density at radius 1 is 1.09 bits per heavy atom. The van der Waals surface area contributed by atoms with E-state index in [0.717, 1.165) is 36.8 Å². The molecule has 0 bridgehead atoms. The van der Waals surface area contributed by atoms with Crippen molar-refractivity contribution < 1.29 is 37.2 Å². The molecule has 0 amide bonds. The molecule has 4 unspecified atom stereocenters. The van der Waals surface area contributed by atoms with Crippen LogP contribution in [-0.4, -0.2) is 95.0 Å². The van der Waals surface area contributed by atoms with E-state index in [1.807, 2.05) is 12.2 Å². The monoisotopic (exact) mass is 659 g/mol. The molecule has 0 aromatic heterocycles. The maximum absolute atomic E-state index is 13.5. The quantitative estimate of drug-likeness (QED) is 0.183. The van der Waals surface area contributed by atoms with Crippen LogP contribution in [0.5, 0.6) is 0 Å². The Balaban J connectivity index is 1.42. The van der Waals surface area contributed by atoms with E-state index < -0.39 is 40.2 Å². The molecule has 9 nitrogen and oxygen atoms in total. The smallest absolute Gasteiger partial charge is 0.178 e. The maximum atomic E-state index is 13.5. The van der Waals surface area contributed by atoms with Gasteiger partial charge in [0.2, 0.25) is 0 Å². The predicted molar refractivity (Wildman–Crippen MR) is 179 cm³/mol. The van der Waals surface area contributed by atoms with Crippen LogP contribution < -0.4 is 5.73 Å². The number of hydrogen-bond donors (Lipinski definition) is 2. The number of aliphatic hydroxyl groups excluding tert-OH is 1. The summed E-state index contributed by atoms with van der Waals surface area (Å²) in [5, 5.41) is 10.4. The molecule has 1 aromatic carbocycles. The molecule has 0 radical (unpaired) electrons. The van der Waals surface area contributed by atoms with Crippen LogP contribution in [-0.2, 0) is 33.5 Å². The van der Waals surface area contributed by atoms with Gasteiger partial charge in [0.15, 0.2) is 9.84 Å². The number of rotatable bonds is 17. The number of ether oxygens (including phenoxy) is 5. The van der Waals surface area contributed by atoms with E-state index in [0.29, 0.717) is 19.6 Å². The Morgan fingerprint density at radius 3 is 2.54 bits per heavy atom. The van der Waals surface area contributed by atoms with Gasteiger partial charge in [-0.1, -0.05) is 56.5 Å². The molecule has 0 spiro atoms. The third-order valence-corrected chi connectivity index (χ3v) is 11.3. The van der Waals surface area contributed by atoms with Crippen molar-refractivity contribution >= 4 is 9.84 Å². The molecular formula is C36H53NO8S. The molecule has 3 N–H and O–H groups in total. The summed E-state index contributed by atoms with van der Waals surface area (Å²) < 4.78 is 57.8. The van der Waals surface area contributed by atoms with Crippen molar-refractivity contribution in [2.75, 3.05) is 32.6 Å². The second-order valence-electron chi connectivity index (χ2n) is 12.8. The lowest BCUT2D eigenvalue weighted by Gasteiger charge is -2.38. The van der Waals surface area contributed by atoms with Gasteiger partial charge >= 0.3 is 0 Å². The second kappa shape index (κ2) is 17.3. The Hall–Kier alpha value is -2.15. The number of benzene rings is 1. The first kappa shape index (κ1) is 36.7. The highest BCUT2D eigenvalue weighted by Crippen LogP contribution is 2.41. The third kappa shape index (κ3) is 9.70. The van der Waals surface area contributed by atoms with Crippen molar-refractivity contribution in [1.29, 1.82) is 0 Å². The Kier molecular flexibility index (Phi) is 13.8. The maximum Gasteiger partial charge on any atom is 0.178 e. The van der Waals surface area contributed by atoms with Gasteiger partial charge in [0.25, 0.3) is 0 Å². The molecule has 3 aliphatic heterocycles. The van der Waals surface area contributed by atoms with Crippen LogP contribution in [0.4, 0.5) is 0 Å². The number of hydrogen-bond acceptors (Lipinski definition) is 9. The highest BCUT2D eigenvalue weighted by molar-refractivity contribution is 7.91. The number of sulfone groups is 1. The molecular weight excluding hydrogens is 606 g/mol. The molecule has 3 aliphatic rings. The standard InChI is InChI=1S/C36H53NO8S/c1-6-16-42-17-10-11-28-19-25(3)32(43-28)15-14-29-18-24(2)26(4)33(44-29)21-34-31(23-46(39,40)30-12-8-7-9-13-30)36(41-5)35(45-34)20-27(38)22-37/h6-13,24,27-29,31-36,38H,1,3-4,14-23,37H2,2,5H3/b11-10+/t24-,27+,28+,29?,31+,32?,33?,34+,35?,36-/m1/s1. The van der Waals surface area contributed by atoms with Gasteiger partial charge in [0.1, 0.15) is 0 Å². The highest BCUT2D eigenvalue weighted by atomic mass is 32.2. The summed E-state index contributed by atoms with van der Waals surface area (Å²) in [7, 11) is -2.08. The molecule has 46 heavy (non-hydrogen) atoms. The Morgan fingerprint density at radius 2 is 1.85 bits per heavy atom. The molecule has 0 aliphatic carbocycles. The average molecular weight is 660 g/mol. The average Bonchev–Trinajstić information content (AvgIpc) is 3.55. The minimum absolute atomic E-state index is 0.00775. The lowest BCUT2D eigenvalue weighted by Crippen LogP contribution is -2.40. The zero-order chi connectivity index (χ0) is 33.3. The molecule has 256 valence electrons. The summed E-state index contributed by atoms with van der Waals surface area (Å²) in [4.78, 5) is 0.260. The zero-order valence-corrected chi connectivity index (χ0v) is 28.2. The van der Waals surface area contributed by atoms with Crippen molar-refractivity contribution in [2.45, 2.75) is 99.2 Å². The summed E-state index contributed by atoms with van der Waals surface area (Å²) in [6.07, 6.45) is 7.02. The van der Waals surface area contributed by atoms with Gasteiger partial charge < -0.3 is 34.5 Å². The lowest BCUT2D eigenvalue weighted by atomic mass is 9.83. The highest BCUT2D eigenvalue weighted by Gasteiger charge is 2.48. The number of aliphatic hydroxyl groups is 1. The van der Waals surface area contributed by atoms with Crippen LogP contribution in [0, 0.1) is 11.8 Å². The summed E-state index contributed by atoms with van der Waals surface area (Å²) in [5.41, 5.74) is 7.78. The minimum atomic E-state index is -3.64. The fourth-order valence-electron chi connectivity index (χ4n) is 6.92. The van der Waals surface area contributed by atoms with E-state index in [2.05, 4.69) is 26.7 Å². The molecule has 4 rings (SSSR count). The van der Waals surface area contributed by atoms with Crippen molar-refractivity contribution in [3.05, 3.63) is 79.4 Å². The molecule has 0 saturated carbocycles. The van der Waals surface area contributed by atoms with E-state index >= 15 is 0 Å². The van der Waals surface area contributed by atoms with Crippen LogP contribution in [0.1, 0.15) is 45.4 Å². The molecule has 3 heterocycles. The van der Waals surface area contributed by atoms with E-state index in [1.54, 1.807) is 43.5 Å². The van der Waals surface area contributed by atoms with Crippen LogP contribution >= 0.6 is 0 Å². The molecule has 10 heteroatoms. The summed E-state index contributed by atoms with van der Waals surface area (Å²) in [6, 6.07) is 8.44. The van der Waals surface area contributed by atoms with Gasteiger partial charge in [-0.15, -0.1) is 6.58 Å². The summed E-state index contributed by atoms with van der Waals surface area (Å²) in [6.45, 7) is 15.6. The van der Waals surface area contributed by atoms with Gasteiger partial charge in [-0.3, -0.25) is 0 Å². The SMILES string of the molecule is C=CCOC/C=C/[C@H]1CC(=C)C(CCC2C[C@@H](C)C(=C)C(C[C@@H]3OC(C[C@H](O)CN)[C@H](OC)[C@H]3CS(=O)(=O)c3ccccc3)O2)O1. The van der Waals surface area contributed by atoms with E-state index in [4.69, 9.17) is 29.4 Å². The second-order valence-corrected chi connectivity index (χ2v) is 14.9. The molecule has 3 saturated heterocycles. The fourth-order valence-corrected chi connectivity index (χ4v) is 8.59.